The van der Waals surface area contributed by atoms with Gasteiger partial charge in [0.15, 0.2) is 0 Å². The summed E-state index contributed by atoms with van der Waals surface area (Å²) >= 11 is 12.1. The van der Waals surface area contributed by atoms with Gasteiger partial charge in [0.25, 0.3) is 0 Å². The van der Waals surface area contributed by atoms with Gasteiger partial charge in [-0.1, -0.05) is 29.3 Å². The Hall–Kier alpha value is -0.780. The lowest BCUT2D eigenvalue weighted by Crippen LogP contribution is -2.37. The van der Waals surface area contributed by atoms with Gasteiger partial charge < -0.3 is 5.32 Å². The molecule has 0 spiro atoms. The first kappa shape index (κ1) is 16.1. The summed E-state index contributed by atoms with van der Waals surface area (Å²) in [6.45, 7) is 0. The molecule has 22 heavy (non-hydrogen) atoms. The second kappa shape index (κ2) is 6.02. The summed E-state index contributed by atoms with van der Waals surface area (Å²) in [7, 11) is -2.94. The third-order valence-electron chi connectivity index (χ3n) is 4.41. The van der Waals surface area contributed by atoms with Crippen molar-refractivity contribution in [1.29, 1.82) is 0 Å². The fourth-order valence-corrected chi connectivity index (χ4v) is 4.99. The van der Waals surface area contributed by atoms with Crippen LogP contribution >= 0.6 is 23.2 Å². The first-order chi connectivity index (χ1) is 10.4. The Bertz CT molecular complexity index is 691. The van der Waals surface area contributed by atoms with Crippen LogP contribution in [-0.4, -0.2) is 31.9 Å². The molecule has 4 nitrogen and oxygen atoms in total. The molecule has 1 aromatic rings. The molecule has 1 saturated heterocycles. The highest BCUT2D eigenvalue weighted by Gasteiger charge is 2.42. The smallest absolute Gasteiger partial charge is 0.223 e. The number of hydrogen-bond donors (Lipinski definition) is 1. The average molecular weight is 362 g/mol. The van der Waals surface area contributed by atoms with Crippen LogP contribution in [0.15, 0.2) is 18.2 Å². The zero-order valence-electron chi connectivity index (χ0n) is 11.9. The van der Waals surface area contributed by atoms with Crippen molar-refractivity contribution in [2.45, 2.75) is 31.2 Å². The fourth-order valence-electron chi connectivity index (χ4n) is 2.95. The number of sulfone groups is 1. The molecule has 1 aliphatic carbocycles. The van der Waals surface area contributed by atoms with Crippen LogP contribution in [0.4, 0.5) is 0 Å². The predicted octanol–water partition coefficient (Wildman–Crippen LogP) is 2.79. The maximum absolute atomic E-state index is 12.2. The molecule has 1 saturated carbocycles. The lowest BCUT2D eigenvalue weighted by atomic mass is 10.0. The van der Waals surface area contributed by atoms with E-state index in [1.165, 1.54) is 0 Å². The summed E-state index contributed by atoms with van der Waals surface area (Å²) in [5, 5.41) is 4.23. The Labute approximate surface area is 140 Å². The molecular formula is C15H17Cl2NO3S. The van der Waals surface area contributed by atoms with E-state index in [0.717, 1.165) is 12.0 Å². The molecule has 1 aromatic carbocycles. The van der Waals surface area contributed by atoms with Crippen LogP contribution in [-0.2, 0) is 14.6 Å². The quantitative estimate of drug-likeness (QED) is 0.899. The SMILES string of the molecule is O=C(N[C@@H]1C[C@H]1c1ccc(Cl)cc1Cl)C1CCS(=O)(=O)CC1. The van der Waals surface area contributed by atoms with E-state index >= 15 is 0 Å². The molecule has 0 unspecified atom stereocenters. The summed E-state index contributed by atoms with van der Waals surface area (Å²) in [5.74, 6) is 0.226. The molecule has 1 heterocycles. The highest BCUT2D eigenvalue weighted by Crippen LogP contribution is 2.44. The number of halogens is 2. The Morgan fingerprint density at radius 3 is 2.50 bits per heavy atom. The van der Waals surface area contributed by atoms with Gasteiger partial charge >= 0.3 is 0 Å². The number of carbonyl (C=O) groups is 1. The van der Waals surface area contributed by atoms with E-state index < -0.39 is 9.84 Å². The van der Waals surface area contributed by atoms with Crippen LogP contribution in [0.1, 0.15) is 30.7 Å². The third-order valence-corrected chi connectivity index (χ3v) is 6.68. The second-order valence-corrected chi connectivity index (χ2v) is 9.20. The summed E-state index contributed by atoms with van der Waals surface area (Å²) in [5.41, 5.74) is 1.00. The first-order valence-corrected chi connectivity index (χ1v) is 9.89. The van der Waals surface area contributed by atoms with Gasteiger partial charge in [-0.3, -0.25) is 4.79 Å². The Morgan fingerprint density at radius 2 is 1.86 bits per heavy atom. The highest BCUT2D eigenvalue weighted by molar-refractivity contribution is 7.91. The molecular weight excluding hydrogens is 345 g/mol. The van der Waals surface area contributed by atoms with Crippen molar-refractivity contribution in [3.05, 3.63) is 33.8 Å². The monoisotopic (exact) mass is 361 g/mol. The van der Waals surface area contributed by atoms with E-state index in [9.17, 15) is 13.2 Å². The van der Waals surface area contributed by atoms with Crippen LogP contribution in [0.5, 0.6) is 0 Å². The molecule has 3 rings (SSSR count). The molecule has 7 heteroatoms. The largest absolute Gasteiger partial charge is 0.352 e. The average Bonchev–Trinajstić information content (AvgIpc) is 3.17. The summed E-state index contributed by atoms with van der Waals surface area (Å²) in [4.78, 5) is 12.2. The third kappa shape index (κ3) is 3.58. The Kier molecular flexibility index (Phi) is 4.40. The van der Waals surface area contributed by atoms with Crippen molar-refractivity contribution in [2.75, 3.05) is 11.5 Å². The molecule has 2 aliphatic rings. The number of amides is 1. The maximum Gasteiger partial charge on any atom is 0.223 e. The first-order valence-electron chi connectivity index (χ1n) is 7.31. The van der Waals surface area contributed by atoms with Crippen molar-refractivity contribution in [1.82, 2.24) is 5.32 Å². The van der Waals surface area contributed by atoms with Gasteiger partial charge in [0.05, 0.1) is 11.5 Å². The Balaban J connectivity index is 1.56. The second-order valence-electron chi connectivity index (χ2n) is 6.05. The number of rotatable bonds is 3. The number of nitrogens with one attached hydrogen (secondary N) is 1. The summed E-state index contributed by atoms with van der Waals surface area (Å²) < 4.78 is 22.8. The van der Waals surface area contributed by atoms with Crippen LogP contribution < -0.4 is 5.32 Å². The molecule has 0 bridgehead atoms. The van der Waals surface area contributed by atoms with Crippen molar-refractivity contribution < 1.29 is 13.2 Å². The fraction of sp³-hybridized carbons (Fsp3) is 0.533. The molecule has 2 fully saturated rings. The van der Waals surface area contributed by atoms with Crippen LogP contribution in [0.2, 0.25) is 10.0 Å². The standard InChI is InChI=1S/C15H17Cl2NO3S/c16-10-1-2-11(13(17)7-10)12-8-14(12)18-15(19)9-3-5-22(20,21)6-4-9/h1-2,7,9,12,14H,3-6,8H2,(H,18,19)/t12-,14+/m0/s1. The minimum Gasteiger partial charge on any atom is -0.352 e. The minimum atomic E-state index is -2.94. The zero-order valence-corrected chi connectivity index (χ0v) is 14.2. The van der Waals surface area contributed by atoms with Crippen molar-refractivity contribution in [3.63, 3.8) is 0 Å². The maximum atomic E-state index is 12.2. The van der Waals surface area contributed by atoms with Gasteiger partial charge in [-0.25, -0.2) is 8.42 Å². The van der Waals surface area contributed by atoms with E-state index in [1.807, 2.05) is 6.07 Å². The van der Waals surface area contributed by atoms with Crippen LogP contribution in [0.3, 0.4) is 0 Å². The number of carbonyl (C=O) groups excluding carboxylic acids is 1. The van der Waals surface area contributed by atoms with Crippen molar-refractivity contribution in [3.8, 4) is 0 Å². The van der Waals surface area contributed by atoms with Gasteiger partial charge in [-0.15, -0.1) is 0 Å². The summed E-state index contributed by atoms with van der Waals surface area (Å²) in [6, 6.07) is 5.49. The lowest BCUT2D eigenvalue weighted by molar-refractivity contribution is -0.125. The van der Waals surface area contributed by atoms with Gasteiger partial charge in [-0.2, -0.15) is 0 Å². The minimum absolute atomic E-state index is 0.0347. The number of benzene rings is 1. The van der Waals surface area contributed by atoms with Crippen LogP contribution in [0.25, 0.3) is 0 Å². The highest BCUT2D eigenvalue weighted by atomic mass is 35.5. The predicted molar refractivity (Wildman–Crippen MR) is 87.1 cm³/mol. The van der Waals surface area contributed by atoms with Gasteiger partial charge in [0, 0.05) is 27.9 Å². The van der Waals surface area contributed by atoms with E-state index in [4.69, 9.17) is 23.2 Å². The molecule has 0 aromatic heterocycles. The van der Waals surface area contributed by atoms with E-state index in [0.29, 0.717) is 22.9 Å². The molecule has 1 amide bonds. The van der Waals surface area contributed by atoms with Crippen LogP contribution in [0, 0.1) is 5.92 Å². The Morgan fingerprint density at radius 1 is 1.18 bits per heavy atom. The topological polar surface area (TPSA) is 63.2 Å². The van der Waals surface area contributed by atoms with Crippen molar-refractivity contribution in [2.24, 2.45) is 5.92 Å². The summed E-state index contributed by atoms with van der Waals surface area (Å²) in [6.07, 6.45) is 1.71. The van der Waals surface area contributed by atoms with Crippen molar-refractivity contribution >= 4 is 38.9 Å². The number of hydrogen-bond acceptors (Lipinski definition) is 3. The molecule has 1 aliphatic heterocycles. The van der Waals surface area contributed by atoms with Gasteiger partial charge in [0.2, 0.25) is 5.91 Å². The van der Waals surface area contributed by atoms with Gasteiger partial charge in [-0.05, 0) is 37.0 Å². The molecule has 2 atom stereocenters. The van der Waals surface area contributed by atoms with E-state index in [2.05, 4.69) is 5.32 Å². The lowest BCUT2D eigenvalue weighted by Gasteiger charge is -2.21. The zero-order chi connectivity index (χ0) is 15.9. The van der Waals surface area contributed by atoms with Gasteiger partial charge in [0.1, 0.15) is 9.84 Å². The van der Waals surface area contributed by atoms with E-state index in [1.54, 1.807) is 12.1 Å². The van der Waals surface area contributed by atoms with E-state index in [-0.39, 0.29) is 35.3 Å². The molecule has 0 radical (unpaired) electrons. The normalized spacial score (nSPS) is 27.4. The molecule has 120 valence electrons. The molecule has 1 N–H and O–H groups in total.